The fourth-order valence-corrected chi connectivity index (χ4v) is 2.79. The van der Waals surface area contributed by atoms with E-state index in [9.17, 15) is 4.79 Å². The van der Waals surface area contributed by atoms with Crippen molar-refractivity contribution in [2.24, 2.45) is 4.99 Å². The summed E-state index contributed by atoms with van der Waals surface area (Å²) >= 11 is 0. The molecule has 1 N–H and O–H groups in total. The maximum Gasteiger partial charge on any atom is 0.234 e. The van der Waals surface area contributed by atoms with Gasteiger partial charge in [-0.25, -0.2) is 0 Å². The molecule has 1 amide bonds. The van der Waals surface area contributed by atoms with Crippen LogP contribution in [0.25, 0.3) is 0 Å². The molecule has 1 atom stereocenters. The Kier molecular flexibility index (Phi) is 2.88. The molecular weight excluding hydrogens is 226 g/mol. The summed E-state index contributed by atoms with van der Waals surface area (Å²) in [7, 11) is 2.01. The van der Waals surface area contributed by atoms with Gasteiger partial charge in [-0.05, 0) is 30.2 Å². The van der Waals surface area contributed by atoms with E-state index in [1.54, 1.807) is 0 Å². The number of hydrogen-bond acceptors (Lipinski definition) is 3. The number of amides is 1. The molecule has 94 valence electrons. The number of rotatable bonds is 1. The second-order valence-electron chi connectivity index (χ2n) is 4.94. The van der Waals surface area contributed by atoms with Gasteiger partial charge >= 0.3 is 0 Å². The Morgan fingerprint density at radius 2 is 2.33 bits per heavy atom. The summed E-state index contributed by atoms with van der Waals surface area (Å²) in [6.07, 6.45) is 2.96. The van der Waals surface area contributed by atoms with Gasteiger partial charge in [0.05, 0.1) is 12.6 Å². The van der Waals surface area contributed by atoms with Crippen molar-refractivity contribution in [1.29, 1.82) is 0 Å². The Morgan fingerprint density at radius 1 is 1.44 bits per heavy atom. The number of hydrogen-bond donors (Lipinski definition) is 1. The zero-order valence-corrected chi connectivity index (χ0v) is 10.5. The number of benzene rings is 1. The average molecular weight is 243 g/mol. The minimum atomic E-state index is 0.111. The van der Waals surface area contributed by atoms with Gasteiger partial charge in [-0.1, -0.05) is 18.2 Å². The SMILES string of the molecule is CN1CC(=O)NCC1c1cccc2c1CCN=C2. The number of likely N-dealkylation sites (N-methyl/N-ethyl adjacent to an activating group) is 1. The topological polar surface area (TPSA) is 44.7 Å². The summed E-state index contributed by atoms with van der Waals surface area (Å²) < 4.78 is 0. The average Bonchev–Trinajstić information content (AvgIpc) is 2.38. The third-order valence-corrected chi connectivity index (χ3v) is 3.75. The number of aliphatic imine (C=N–C) groups is 1. The minimum Gasteiger partial charge on any atom is -0.353 e. The number of carbonyl (C=O) groups is 1. The first kappa shape index (κ1) is 11.4. The van der Waals surface area contributed by atoms with Crippen LogP contribution in [0.4, 0.5) is 0 Å². The molecule has 0 radical (unpaired) electrons. The van der Waals surface area contributed by atoms with Crippen molar-refractivity contribution in [3.8, 4) is 0 Å². The van der Waals surface area contributed by atoms with Crippen LogP contribution in [0, 0.1) is 0 Å². The van der Waals surface area contributed by atoms with Crippen molar-refractivity contribution in [3.05, 3.63) is 34.9 Å². The summed E-state index contributed by atoms with van der Waals surface area (Å²) in [6.45, 7) is 2.04. The summed E-state index contributed by atoms with van der Waals surface area (Å²) in [5.41, 5.74) is 3.95. The molecule has 1 fully saturated rings. The Bertz CT molecular complexity index is 510. The smallest absolute Gasteiger partial charge is 0.234 e. The monoisotopic (exact) mass is 243 g/mol. The Balaban J connectivity index is 1.97. The highest BCUT2D eigenvalue weighted by Gasteiger charge is 2.27. The molecule has 0 bridgehead atoms. The standard InChI is InChI=1S/C14H17N3O/c1-17-9-14(18)16-8-13(17)12-4-2-3-10-7-15-6-5-11(10)12/h2-4,7,13H,5-6,8-9H2,1H3,(H,16,18). The van der Waals surface area contributed by atoms with E-state index in [0.717, 1.165) is 13.0 Å². The Morgan fingerprint density at radius 3 is 3.17 bits per heavy atom. The number of carbonyl (C=O) groups excluding carboxylic acids is 1. The molecule has 1 unspecified atom stereocenters. The van der Waals surface area contributed by atoms with Crippen LogP contribution in [0.3, 0.4) is 0 Å². The van der Waals surface area contributed by atoms with Gasteiger partial charge in [0.1, 0.15) is 0 Å². The highest BCUT2D eigenvalue weighted by atomic mass is 16.2. The quantitative estimate of drug-likeness (QED) is 0.791. The van der Waals surface area contributed by atoms with Gasteiger partial charge in [-0.3, -0.25) is 14.7 Å². The highest BCUT2D eigenvalue weighted by Crippen LogP contribution is 2.27. The number of piperazine rings is 1. The van der Waals surface area contributed by atoms with Crippen molar-refractivity contribution < 1.29 is 4.79 Å². The molecule has 1 aromatic rings. The zero-order chi connectivity index (χ0) is 12.5. The van der Waals surface area contributed by atoms with Crippen LogP contribution in [0.15, 0.2) is 23.2 Å². The maximum atomic E-state index is 11.4. The van der Waals surface area contributed by atoms with Gasteiger partial charge < -0.3 is 5.32 Å². The lowest BCUT2D eigenvalue weighted by molar-refractivity contribution is -0.125. The molecule has 0 aromatic heterocycles. The molecule has 2 heterocycles. The third-order valence-electron chi connectivity index (χ3n) is 3.75. The van der Waals surface area contributed by atoms with Gasteiger partial charge in [0, 0.05) is 19.3 Å². The van der Waals surface area contributed by atoms with E-state index in [0.29, 0.717) is 13.1 Å². The second-order valence-corrected chi connectivity index (χ2v) is 4.94. The van der Waals surface area contributed by atoms with Crippen LogP contribution in [0.5, 0.6) is 0 Å². The van der Waals surface area contributed by atoms with Crippen molar-refractivity contribution in [2.45, 2.75) is 12.5 Å². The molecule has 1 saturated heterocycles. The molecule has 0 aliphatic carbocycles. The maximum absolute atomic E-state index is 11.4. The van der Waals surface area contributed by atoms with Crippen molar-refractivity contribution >= 4 is 12.1 Å². The van der Waals surface area contributed by atoms with E-state index in [4.69, 9.17) is 0 Å². The Labute approximate surface area is 107 Å². The second kappa shape index (κ2) is 4.53. The molecule has 0 saturated carbocycles. The van der Waals surface area contributed by atoms with E-state index < -0.39 is 0 Å². The minimum absolute atomic E-state index is 0.111. The predicted molar refractivity (Wildman–Crippen MR) is 71.0 cm³/mol. The van der Waals surface area contributed by atoms with Crippen LogP contribution < -0.4 is 5.32 Å². The van der Waals surface area contributed by atoms with E-state index in [1.165, 1.54) is 16.7 Å². The lowest BCUT2D eigenvalue weighted by Gasteiger charge is -2.34. The van der Waals surface area contributed by atoms with Crippen LogP contribution in [0.2, 0.25) is 0 Å². The number of fused-ring (bicyclic) bond motifs is 1. The third kappa shape index (κ3) is 1.93. The lowest BCUT2D eigenvalue weighted by Crippen LogP contribution is -2.48. The van der Waals surface area contributed by atoms with E-state index in [-0.39, 0.29) is 11.9 Å². The summed E-state index contributed by atoms with van der Waals surface area (Å²) in [5, 5.41) is 2.95. The van der Waals surface area contributed by atoms with Gasteiger partial charge in [-0.2, -0.15) is 0 Å². The van der Waals surface area contributed by atoms with Gasteiger partial charge in [0.25, 0.3) is 0 Å². The molecular formula is C14H17N3O. The fourth-order valence-electron chi connectivity index (χ4n) is 2.79. The molecule has 3 rings (SSSR count). The summed E-state index contributed by atoms with van der Waals surface area (Å²) in [4.78, 5) is 17.8. The first-order valence-electron chi connectivity index (χ1n) is 6.34. The molecule has 0 spiro atoms. The van der Waals surface area contributed by atoms with Crippen molar-refractivity contribution in [3.63, 3.8) is 0 Å². The number of nitrogens with one attached hydrogen (secondary N) is 1. The van der Waals surface area contributed by atoms with E-state index in [1.807, 2.05) is 13.3 Å². The van der Waals surface area contributed by atoms with Gasteiger partial charge in [0.15, 0.2) is 0 Å². The normalized spacial score (nSPS) is 23.6. The fraction of sp³-hybridized carbons (Fsp3) is 0.429. The van der Waals surface area contributed by atoms with Gasteiger partial charge in [-0.15, -0.1) is 0 Å². The van der Waals surface area contributed by atoms with E-state index >= 15 is 0 Å². The van der Waals surface area contributed by atoms with Crippen molar-refractivity contribution in [1.82, 2.24) is 10.2 Å². The first-order valence-corrected chi connectivity index (χ1v) is 6.34. The van der Waals surface area contributed by atoms with Crippen LogP contribution in [0.1, 0.15) is 22.7 Å². The lowest BCUT2D eigenvalue weighted by atomic mass is 9.91. The van der Waals surface area contributed by atoms with Crippen LogP contribution in [-0.4, -0.2) is 43.7 Å². The molecule has 1 aromatic carbocycles. The predicted octanol–water partition coefficient (Wildman–Crippen LogP) is 0.764. The zero-order valence-electron chi connectivity index (χ0n) is 10.5. The summed E-state index contributed by atoms with van der Waals surface area (Å²) in [5.74, 6) is 0.111. The molecule has 4 heteroatoms. The summed E-state index contributed by atoms with van der Waals surface area (Å²) in [6, 6.07) is 6.65. The first-order chi connectivity index (χ1) is 8.75. The van der Waals surface area contributed by atoms with Crippen LogP contribution >= 0.6 is 0 Å². The van der Waals surface area contributed by atoms with Crippen LogP contribution in [-0.2, 0) is 11.2 Å². The van der Waals surface area contributed by atoms with Crippen molar-refractivity contribution in [2.75, 3.05) is 26.7 Å². The Hall–Kier alpha value is -1.68. The highest BCUT2D eigenvalue weighted by molar-refractivity contribution is 5.83. The number of nitrogens with zero attached hydrogens (tertiary/aromatic N) is 2. The molecule has 18 heavy (non-hydrogen) atoms. The molecule has 2 aliphatic heterocycles. The molecule has 2 aliphatic rings. The van der Waals surface area contributed by atoms with E-state index in [2.05, 4.69) is 33.4 Å². The largest absolute Gasteiger partial charge is 0.353 e. The van der Waals surface area contributed by atoms with Gasteiger partial charge in [0.2, 0.25) is 5.91 Å². The molecule has 4 nitrogen and oxygen atoms in total.